The van der Waals surface area contributed by atoms with Gasteiger partial charge < -0.3 is 5.73 Å². The molecule has 0 unspecified atom stereocenters. The molecule has 3 N–H and O–H groups in total. The molecule has 0 aliphatic heterocycles. The average Bonchev–Trinajstić information content (AvgIpc) is 2.83. The number of nitrogen functional groups attached to an aromatic ring is 1. The monoisotopic (exact) mass is 338 g/mol. The molecule has 1 heterocycles. The quantitative estimate of drug-likeness (QED) is 0.883. The molecule has 0 saturated carbocycles. The first kappa shape index (κ1) is 15.7. The van der Waals surface area contributed by atoms with Crippen LogP contribution in [0.1, 0.15) is 11.1 Å². The maximum absolute atomic E-state index is 12.4. The first-order valence-electron chi connectivity index (χ1n) is 5.43. The molecule has 11 heteroatoms. The number of hydrogen-bond acceptors (Lipinski definition) is 6. The van der Waals surface area contributed by atoms with Crippen LogP contribution >= 0.6 is 11.3 Å². The lowest BCUT2D eigenvalue weighted by molar-refractivity contribution is -0.137. The van der Waals surface area contributed by atoms with Crippen LogP contribution < -0.4 is 10.5 Å². The van der Waals surface area contributed by atoms with E-state index < -0.39 is 21.8 Å². The molecule has 0 aliphatic rings. The summed E-state index contributed by atoms with van der Waals surface area (Å²) in [4.78, 5) is 0. The zero-order valence-electron chi connectivity index (χ0n) is 10.3. The lowest BCUT2D eigenvalue weighted by Gasteiger charge is -2.08. The number of nitrogens with two attached hydrogens (primary N) is 1. The molecule has 2 aromatic rings. The number of nitrogens with zero attached hydrogens (tertiary/aromatic N) is 2. The highest BCUT2D eigenvalue weighted by atomic mass is 32.2. The number of anilines is 1. The van der Waals surface area contributed by atoms with Crippen molar-refractivity contribution in [1.82, 2.24) is 14.9 Å². The van der Waals surface area contributed by atoms with Gasteiger partial charge in [-0.05, 0) is 17.7 Å². The molecule has 6 nitrogen and oxygen atoms in total. The van der Waals surface area contributed by atoms with E-state index in [4.69, 9.17) is 5.73 Å². The van der Waals surface area contributed by atoms with E-state index in [1.54, 1.807) is 0 Å². The maximum Gasteiger partial charge on any atom is 0.416 e. The van der Waals surface area contributed by atoms with Crippen LogP contribution in [0.4, 0.5) is 18.3 Å². The second-order valence-corrected chi connectivity index (χ2v) is 6.88. The molecular weight excluding hydrogens is 329 g/mol. The van der Waals surface area contributed by atoms with Crippen LogP contribution in [0.25, 0.3) is 0 Å². The molecule has 1 aromatic carbocycles. The standard InChI is InChI=1S/C10H9F3N4O2S2/c11-10(12,13)7-3-1-6(2-4-7)5-15-21(18,19)9-17-16-8(14)20-9/h1-4,15H,5H2,(H2,14,16). The smallest absolute Gasteiger partial charge is 0.374 e. The summed E-state index contributed by atoms with van der Waals surface area (Å²) in [5.41, 5.74) is 4.86. The van der Waals surface area contributed by atoms with Gasteiger partial charge in [-0.2, -0.15) is 13.2 Å². The van der Waals surface area contributed by atoms with Crippen molar-refractivity contribution in [2.75, 3.05) is 5.73 Å². The Labute approximate surface area is 121 Å². The van der Waals surface area contributed by atoms with E-state index >= 15 is 0 Å². The van der Waals surface area contributed by atoms with E-state index in [1.165, 1.54) is 12.1 Å². The SMILES string of the molecule is Nc1nnc(S(=O)(=O)NCc2ccc(C(F)(F)F)cc2)s1. The Kier molecular flexibility index (Phi) is 4.16. The van der Waals surface area contributed by atoms with E-state index in [2.05, 4.69) is 14.9 Å². The third kappa shape index (κ3) is 3.89. The fourth-order valence-corrected chi connectivity index (χ4v) is 3.22. The molecule has 0 aliphatic carbocycles. The highest BCUT2D eigenvalue weighted by Crippen LogP contribution is 2.29. The van der Waals surface area contributed by atoms with Crippen LogP contribution in [0, 0.1) is 0 Å². The third-order valence-corrected chi connectivity index (χ3v) is 4.92. The molecule has 0 atom stereocenters. The summed E-state index contributed by atoms with van der Waals surface area (Å²) in [6.07, 6.45) is -4.43. The van der Waals surface area contributed by atoms with E-state index in [0.717, 1.165) is 12.1 Å². The first-order chi connectivity index (χ1) is 9.68. The normalized spacial score (nSPS) is 12.5. The summed E-state index contributed by atoms with van der Waals surface area (Å²) in [6, 6.07) is 4.15. The average molecular weight is 338 g/mol. The Balaban J connectivity index is 2.06. The van der Waals surface area contributed by atoms with Crippen molar-refractivity contribution < 1.29 is 21.6 Å². The Bertz CT molecular complexity index is 726. The van der Waals surface area contributed by atoms with Gasteiger partial charge in [0.25, 0.3) is 10.0 Å². The minimum Gasteiger partial charge on any atom is -0.374 e. The summed E-state index contributed by atoms with van der Waals surface area (Å²) in [6.45, 7) is -0.167. The zero-order chi connectivity index (χ0) is 15.7. The van der Waals surface area contributed by atoms with Crippen molar-refractivity contribution in [3.8, 4) is 0 Å². The van der Waals surface area contributed by atoms with Gasteiger partial charge in [0.15, 0.2) is 0 Å². The molecule has 0 spiro atoms. The predicted molar refractivity (Wildman–Crippen MR) is 69.8 cm³/mol. The molecule has 2 rings (SSSR count). The van der Waals surface area contributed by atoms with Crippen LogP contribution in [0.5, 0.6) is 0 Å². The number of alkyl halides is 3. The van der Waals surface area contributed by atoms with E-state index in [0.29, 0.717) is 16.9 Å². The highest BCUT2D eigenvalue weighted by Gasteiger charge is 2.30. The van der Waals surface area contributed by atoms with Gasteiger partial charge >= 0.3 is 6.18 Å². The number of benzene rings is 1. The molecule has 0 bridgehead atoms. The molecule has 0 radical (unpaired) electrons. The molecule has 0 amide bonds. The Morgan fingerprint density at radius 2 is 1.81 bits per heavy atom. The largest absolute Gasteiger partial charge is 0.416 e. The fraction of sp³-hybridized carbons (Fsp3) is 0.200. The number of sulfonamides is 1. The van der Waals surface area contributed by atoms with Crippen LogP contribution in [-0.4, -0.2) is 18.6 Å². The van der Waals surface area contributed by atoms with Gasteiger partial charge in [0, 0.05) is 6.54 Å². The molecule has 114 valence electrons. The second kappa shape index (κ2) is 5.58. The van der Waals surface area contributed by atoms with Gasteiger partial charge in [-0.25, -0.2) is 13.1 Å². The number of nitrogens with one attached hydrogen (secondary N) is 1. The van der Waals surface area contributed by atoms with E-state index in [1.807, 2.05) is 0 Å². The minimum absolute atomic E-state index is 0.00454. The molecule has 0 fully saturated rings. The van der Waals surface area contributed by atoms with Crippen LogP contribution in [0.15, 0.2) is 28.6 Å². The zero-order valence-corrected chi connectivity index (χ0v) is 11.9. The van der Waals surface area contributed by atoms with Crippen molar-refractivity contribution in [3.63, 3.8) is 0 Å². The predicted octanol–water partition coefficient (Wildman–Crippen LogP) is 1.62. The summed E-state index contributed by atoms with van der Waals surface area (Å²) in [5, 5.41) is 6.77. The highest BCUT2D eigenvalue weighted by molar-refractivity contribution is 7.91. The Morgan fingerprint density at radius 1 is 1.19 bits per heavy atom. The number of halogens is 3. The lowest BCUT2D eigenvalue weighted by Crippen LogP contribution is -2.23. The summed E-state index contributed by atoms with van der Waals surface area (Å²) in [5.74, 6) is 0. The Hall–Kier alpha value is -1.72. The van der Waals surface area contributed by atoms with Crippen molar-refractivity contribution in [2.45, 2.75) is 17.1 Å². The molecule has 0 saturated heterocycles. The molecule has 21 heavy (non-hydrogen) atoms. The maximum atomic E-state index is 12.4. The van der Waals surface area contributed by atoms with Gasteiger partial charge in [-0.1, -0.05) is 23.5 Å². The van der Waals surface area contributed by atoms with Crippen LogP contribution in [-0.2, 0) is 22.7 Å². The summed E-state index contributed by atoms with van der Waals surface area (Å²) in [7, 11) is -3.88. The second-order valence-electron chi connectivity index (χ2n) is 3.93. The van der Waals surface area contributed by atoms with Crippen LogP contribution in [0.2, 0.25) is 0 Å². The van der Waals surface area contributed by atoms with Crippen molar-refractivity contribution in [1.29, 1.82) is 0 Å². The van der Waals surface area contributed by atoms with Crippen LogP contribution in [0.3, 0.4) is 0 Å². The van der Waals surface area contributed by atoms with E-state index in [9.17, 15) is 21.6 Å². The third-order valence-electron chi connectivity index (χ3n) is 2.40. The lowest BCUT2D eigenvalue weighted by atomic mass is 10.1. The van der Waals surface area contributed by atoms with Gasteiger partial charge in [0.1, 0.15) is 0 Å². The van der Waals surface area contributed by atoms with Gasteiger partial charge in [-0.15, -0.1) is 10.2 Å². The van der Waals surface area contributed by atoms with Crippen molar-refractivity contribution >= 4 is 26.5 Å². The summed E-state index contributed by atoms with van der Waals surface area (Å²) >= 11 is 0.692. The first-order valence-corrected chi connectivity index (χ1v) is 7.73. The van der Waals surface area contributed by atoms with Crippen molar-refractivity contribution in [2.24, 2.45) is 0 Å². The van der Waals surface area contributed by atoms with Gasteiger partial charge in [-0.3, -0.25) is 0 Å². The van der Waals surface area contributed by atoms with Gasteiger partial charge in [0.2, 0.25) is 9.47 Å². The Morgan fingerprint density at radius 3 is 2.29 bits per heavy atom. The minimum atomic E-state index is -4.43. The number of rotatable bonds is 4. The van der Waals surface area contributed by atoms with Gasteiger partial charge in [0.05, 0.1) is 5.56 Å². The number of hydrogen-bond donors (Lipinski definition) is 2. The molecule has 1 aromatic heterocycles. The fourth-order valence-electron chi connectivity index (χ4n) is 1.38. The number of aromatic nitrogens is 2. The van der Waals surface area contributed by atoms with Crippen molar-refractivity contribution in [3.05, 3.63) is 35.4 Å². The van der Waals surface area contributed by atoms with E-state index in [-0.39, 0.29) is 16.0 Å². The summed E-state index contributed by atoms with van der Waals surface area (Å²) < 4.78 is 62.7. The molecular formula is C10H9F3N4O2S2. The topological polar surface area (TPSA) is 98.0 Å².